The van der Waals surface area contributed by atoms with Gasteiger partial charge in [-0.1, -0.05) is 11.6 Å². The molecule has 0 unspecified atom stereocenters. The summed E-state index contributed by atoms with van der Waals surface area (Å²) in [4.78, 5) is 20.3. The highest BCUT2D eigenvalue weighted by molar-refractivity contribution is 6.31. The molecule has 0 saturated carbocycles. The van der Waals surface area contributed by atoms with Crippen LogP contribution < -0.4 is 0 Å². The van der Waals surface area contributed by atoms with E-state index in [-0.39, 0.29) is 11.1 Å². The zero-order valence-electron chi connectivity index (χ0n) is 5.43. The minimum absolute atomic E-state index is 0.146. The minimum Gasteiger partial charge on any atom is -0.285 e. The molecule has 0 aliphatic rings. The van der Waals surface area contributed by atoms with E-state index in [4.69, 9.17) is 11.6 Å². The van der Waals surface area contributed by atoms with Gasteiger partial charge in [0.15, 0.2) is 0 Å². The molecule has 1 aromatic carbocycles. The first-order valence-electron chi connectivity index (χ1n) is 2.84. The van der Waals surface area contributed by atoms with Gasteiger partial charge in [-0.3, -0.25) is 9.59 Å². The van der Waals surface area contributed by atoms with Gasteiger partial charge in [0.25, 0.3) is 0 Å². The van der Waals surface area contributed by atoms with Crippen LogP contribution in [0.15, 0.2) is 18.2 Å². The van der Waals surface area contributed by atoms with E-state index in [1.165, 1.54) is 18.2 Å². The van der Waals surface area contributed by atoms with Crippen LogP contribution in [0.3, 0.4) is 0 Å². The molecule has 54 valence electrons. The smallest absolute Gasteiger partial charge is 0.234 e. The summed E-state index contributed by atoms with van der Waals surface area (Å²) in [5, 5.41) is 0.405. The largest absolute Gasteiger partial charge is 0.285 e. The van der Waals surface area contributed by atoms with Gasteiger partial charge >= 0.3 is 0 Å². The summed E-state index contributed by atoms with van der Waals surface area (Å²) in [6.07, 6.45) is 3.19. The molecular formula is C8H3ClO2. The molecule has 1 aromatic rings. The molecule has 0 amide bonds. The minimum atomic E-state index is 0.146. The zero-order valence-corrected chi connectivity index (χ0v) is 6.18. The van der Waals surface area contributed by atoms with E-state index >= 15 is 0 Å². The average molecular weight is 167 g/mol. The topological polar surface area (TPSA) is 34.1 Å². The zero-order chi connectivity index (χ0) is 8.27. The maximum atomic E-state index is 10.2. The lowest BCUT2D eigenvalue weighted by Gasteiger charge is -1.93. The summed E-state index contributed by atoms with van der Waals surface area (Å²) < 4.78 is 0. The van der Waals surface area contributed by atoms with Crippen molar-refractivity contribution in [2.24, 2.45) is 0 Å². The molecule has 2 radical (unpaired) electrons. The highest BCUT2D eigenvalue weighted by atomic mass is 35.5. The van der Waals surface area contributed by atoms with Gasteiger partial charge in [0.2, 0.25) is 12.6 Å². The fourth-order valence-electron chi connectivity index (χ4n) is 0.690. The van der Waals surface area contributed by atoms with E-state index in [0.29, 0.717) is 5.02 Å². The molecule has 0 aromatic heterocycles. The highest BCUT2D eigenvalue weighted by Crippen LogP contribution is 2.12. The molecule has 3 heteroatoms. The van der Waals surface area contributed by atoms with E-state index < -0.39 is 0 Å². The quantitative estimate of drug-likeness (QED) is 0.663. The van der Waals surface area contributed by atoms with Gasteiger partial charge in [-0.2, -0.15) is 0 Å². The molecule has 0 saturated heterocycles. The Balaban J connectivity index is 3.26. The van der Waals surface area contributed by atoms with Crippen LogP contribution in [-0.4, -0.2) is 12.6 Å². The molecule has 1 rings (SSSR count). The Hall–Kier alpha value is -1.15. The molecule has 11 heavy (non-hydrogen) atoms. The summed E-state index contributed by atoms with van der Waals surface area (Å²) in [5.41, 5.74) is 0.330. The standard InChI is InChI=1S/C8H3ClO2/c9-8-2-1-6(4-10)7(3-8)5-11/h1-3H. The molecule has 0 aliphatic carbocycles. The van der Waals surface area contributed by atoms with E-state index in [1.807, 2.05) is 0 Å². The van der Waals surface area contributed by atoms with Crippen molar-refractivity contribution >= 4 is 24.2 Å². The average Bonchev–Trinajstić information content (AvgIpc) is 2.04. The lowest BCUT2D eigenvalue weighted by Crippen LogP contribution is -1.89. The molecule has 0 atom stereocenters. The summed E-state index contributed by atoms with van der Waals surface area (Å²) in [5.74, 6) is 0. The maximum Gasteiger partial charge on any atom is 0.234 e. The van der Waals surface area contributed by atoms with Crippen molar-refractivity contribution in [3.63, 3.8) is 0 Å². The summed E-state index contributed by atoms with van der Waals surface area (Å²) >= 11 is 5.54. The second kappa shape index (κ2) is 3.30. The third-order valence-electron chi connectivity index (χ3n) is 1.20. The third kappa shape index (κ3) is 1.65. The third-order valence-corrected chi connectivity index (χ3v) is 1.44. The van der Waals surface area contributed by atoms with Crippen molar-refractivity contribution in [3.05, 3.63) is 34.3 Å². The highest BCUT2D eigenvalue weighted by Gasteiger charge is 2.01. The Morgan fingerprint density at radius 2 is 1.73 bits per heavy atom. The molecule has 0 N–H and O–H groups in total. The van der Waals surface area contributed by atoms with Crippen molar-refractivity contribution in [2.45, 2.75) is 0 Å². The molecule has 0 spiro atoms. The fraction of sp³-hybridized carbons (Fsp3) is 0. The Morgan fingerprint density at radius 3 is 2.27 bits per heavy atom. The summed E-state index contributed by atoms with van der Waals surface area (Å²) in [6.45, 7) is 0. The van der Waals surface area contributed by atoms with Gasteiger partial charge in [0, 0.05) is 16.1 Å². The first kappa shape index (κ1) is 7.95. The number of hydrogen-bond acceptors (Lipinski definition) is 2. The fourth-order valence-corrected chi connectivity index (χ4v) is 0.862. The van der Waals surface area contributed by atoms with Crippen molar-refractivity contribution in [1.82, 2.24) is 0 Å². The van der Waals surface area contributed by atoms with Gasteiger partial charge < -0.3 is 0 Å². The predicted molar refractivity (Wildman–Crippen MR) is 41.0 cm³/mol. The van der Waals surface area contributed by atoms with Crippen LogP contribution in [0.2, 0.25) is 5.02 Å². The van der Waals surface area contributed by atoms with Crippen molar-refractivity contribution in [3.8, 4) is 0 Å². The second-order valence-electron chi connectivity index (χ2n) is 1.89. The number of rotatable bonds is 2. The van der Waals surface area contributed by atoms with Crippen LogP contribution >= 0.6 is 11.6 Å². The van der Waals surface area contributed by atoms with Crippen molar-refractivity contribution in [1.29, 1.82) is 0 Å². The Bertz CT molecular complexity index is 294. The second-order valence-corrected chi connectivity index (χ2v) is 2.33. The Kier molecular flexibility index (Phi) is 2.39. The van der Waals surface area contributed by atoms with Crippen LogP contribution in [-0.2, 0) is 9.59 Å². The maximum absolute atomic E-state index is 10.2. The number of benzene rings is 1. The first-order chi connectivity index (χ1) is 5.27. The van der Waals surface area contributed by atoms with Gasteiger partial charge in [-0.15, -0.1) is 0 Å². The predicted octanol–water partition coefficient (Wildman–Crippen LogP) is 1.26. The van der Waals surface area contributed by atoms with Crippen LogP contribution in [0, 0.1) is 0 Å². The number of halogens is 1. The van der Waals surface area contributed by atoms with Gasteiger partial charge in [0.05, 0.1) is 0 Å². The lowest BCUT2D eigenvalue weighted by atomic mass is 10.1. The summed E-state index contributed by atoms with van der Waals surface area (Å²) in [7, 11) is 0. The van der Waals surface area contributed by atoms with Gasteiger partial charge in [0.1, 0.15) is 0 Å². The SMILES string of the molecule is O=[C]c1ccc(Cl)cc1[C]=O. The molecule has 0 bridgehead atoms. The van der Waals surface area contributed by atoms with E-state index in [9.17, 15) is 9.59 Å². The summed E-state index contributed by atoms with van der Waals surface area (Å²) in [6, 6.07) is 4.31. The number of carbonyl (C=O) groups excluding carboxylic acids is 2. The molecule has 0 heterocycles. The Labute approximate surface area is 68.8 Å². The van der Waals surface area contributed by atoms with E-state index in [0.717, 1.165) is 0 Å². The van der Waals surface area contributed by atoms with Gasteiger partial charge in [-0.05, 0) is 18.2 Å². The molecule has 2 nitrogen and oxygen atoms in total. The molecule has 0 aliphatic heterocycles. The van der Waals surface area contributed by atoms with E-state index in [1.54, 1.807) is 12.6 Å². The lowest BCUT2D eigenvalue weighted by molar-refractivity contribution is 0.558. The normalized spacial score (nSPS) is 9.18. The Morgan fingerprint density at radius 1 is 1.09 bits per heavy atom. The van der Waals surface area contributed by atoms with Crippen LogP contribution in [0.1, 0.15) is 11.1 Å². The first-order valence-corrected chi connectivity index (χ1v) is 3.21. The van der Waals surface area contributed by atoms with Crippen LogP contribution in [0.25, 0.3) is 0 Å². The van der Waals surface area contributed by atoms with Crippen LogP contribution in [0.4, 0.5) is 0 Å². The molecular weight excluding hydrogens is 164 g/mol. The van der Waals surface area contributed by atoms with Crippen LogP contribution in [0.5, 0.6) is 0 Å². The van der Waals surface area contributed by atoms with Gasteiger partial charge in [-0.25, -0.2) is 0 Å². The van der Waals surface area contributed by atoms with Crippen molar-refractivity contribution in [2.75, 3.05) is 0 Å². The van der Waals surface area contributed by atoms with Crippen molar-refractivity contribution < 1.29 is 9.59 Å². The van der Waals surface area contributed by atoms with E-state index in [2.05, 4.69) is 0 Å². The number of hydrogen-bond donors (Lipinski definition) is 0. The molecule has 0 fully saturated rings. The monoisotopic (exact) mass is 166 g/mol.